The number of urea groups is 2. The molecule has 15 nitrogen and oxygen atoms in total. The molecule has 4 heterocycles. The van der Waals surface area contributed by atoms with Crippen LogP contribution in [0.15, 0.2) is 55.1 Å². The van der Waals surface area contributed by atoms with Crippen LogP contribution < -0.4 is 21.7 Å². The second-order valence-corrected chi connectivity index (χ2v) is 23.9. The number of nitrogens with one attached hydrogen (secondary N) is 3. The van der Waals surface area contributed by atoms with Gasteiger partial charge in [-0.05, 0) is 153 Å². The van der Waals surface area contributed by atoms with E-state index < -0.39 is 0 Å². The minimum Gasteiger partial charge on any atom is -0.352 e. The summed E-state index contributed by atoms with van der Waals surface area (Å²) in [7, 11) is 4.24. The fraction of sp³-hybridized carbons (Fsp3) is 0.750. The van der Waals surface area contributed by atoms with Gasteiger partial charge in [-0.25, -0.2) is 9.59 Å². The summed E-state index contributed by atoms with van der Waals surface area (Å²) < 4.78 is 0. The Labute approximate surface area is 427 Å². The number of hydrogen-bond acceptors (Lipinski definition) is 10. The Kier molecular flexibility index (Phi) is 21.0. The van der Waals surface area contributed by atoms with Gasteiger partial charge < -0.3 is 41.3 Å². The summed E-state index contributed by atoms with van der Waals surface area (Å²) >= 11 is 0. The summed E-state index contributed by atoms with van der Waals surface area (Å²) in [5.74, 6) is 3.02. The van der Waals surface area contributed by atoms with Crippen molar-refractivity contribution in [1.82, 2.24) is 45.5 Å². The topological polar surface area (TPSA) is 186 Å². The summed E-state index contributed by atoms with van der Waals surface area (Å²) in [6.07, 6.45) is 18.9. The second-order valence-electron chi connectivity index (χ2n) is 23.9. The van der Waals surface area contributed by atoms with E-state index in [1.165, 1.54) is 38.5 Å². The predicted molar refractivity (Wildman–Crippen MR) is 280 cm³/mol. The molecule has 0 bridgehead atoms. The quantitative estimate of drug-likeness (QED) is 0.205. The molecule has 4 saturated carbocycles. The highest BCUT2D eigenvalue weighted by Gasteiger charge is 2.58. The van der Waals surface area contributed by atoms with E-state index >= 15 is 0 Å². The normalized spacial score (nSPS) is 32.2. The molecule has 10 atom stereocenters. The zero-order valence-corrected chi connectivity index (χ0v) is 45.3. The van der Waals surface area contributed by atoms with Gasteiger partial charge in [-0.15, -0.1) is 0 Å². The molecule has 6 fully saturated rings. The molecule has 0 radical (unpaired) electrons. The number of carbonyl (C=O) groups excluding carboxylic acids is 5. The fourth-order valence-corrected chi connectivity index (χ4v) is 14.6. The first-order valence-electron chi connectivity index (χ1n) is 26.9. The van der Waals surface area contributed by atoms with Crippen LogP contribution >= 0.6 is 0 Å². The lowest BCUT2D eigenvalue weighted by atomic mass is 9.45. The molecule has 2 aromatic heterocycles. The molecule has 2 aromatic rings. The van der Waals surface area contributed by atoms with Crippen molar-refractivity contribution >= 4 is 24.1 Å². The summed E-state index contributed by atoms with van der Waals surface area (Å²) in [6, 6.07) is 9.98. The highest BCUT2D eigenvalue weighted by atomic mass is 16.2. The van der Waals surface area contributed by atoms with Gasteiger partial charge in [0.05, 0.1) is 5.56 Å². The van der Waals surface area contributed by atoms with Crippen LogP contribution in [0.2, 0.25) is 0 Å². The molecule has 4 aliphatic carbocycles. The van der Waals surface area contributed by atoms with Crippen LogP contribution in [-0.4, -0.2) is 145 Å². The van der Waals surface area contributed by atoms with Crippen LogP contribution in [0.4, 0.5) is 9.59 Å². The minimum absolute atomic E-state index is 0.0628. The second kappa shape index (κ2) is 26.0. The Morgan fingerprint density at radius 1 is 0.648 bits per heavy atom. The third-order valence-electron chi connectivity index (χ3n) is 18.7. The van der Waals surface area contributed by atoms with E-state index in [1.807, 2.05) is 28.0 Å². The van der Waals surface area contributed by atoms with Gasteiger partial charge in [0.15, 0.2) is 0 Å². The highest BCUT2D eigenvalue weighted by molar-refractivity contribution is 5.93. The largest absolute Gasteiger partial charge is 0.373 e. The molecule has 396 valence electrons. The smallest absolute Gasteiger partial charge is 0.352 e. The third-order valence-corrected chi connectivity index (χ3v) is 18.7. The van der Waals surface area contributed by atoms with E-state index in [-0.39, 0.29) is 47.0 Å². The number of amides is 5. The van der Waals surface area contributed by atoms with Gasteiger partial charge in [0.2, 0.25) is 0 Å². The maximum atomic E-state index is 13.2. The number of piperazine rings is 2. The van der Waals surface area contributed by atoms with Crippen LogP contribution in [-0.2, 0) is 9.59 Å². The molecule has 0 aromatic carbocycles. The number of aromatic nitrogens is 2. The van der Waals surface area contributed by atoms with E-state index in [0.717, 1.165) is 84.6 Å². The molecule has 5 amide bonds. The average molecular weight is 985 g/mol. The predicted octanol–water partition coefficient (Wildman–Crippen LogP) is 7.66. The van der Waals surface area contributed by atoms with E-state index in [2.05, 4.69) is 105 Å². The van der Waals surface area contributed by atoms with Crippen molar-refractivity contribution in [2.45, 2.75) is 132 Å². The molecule has 8 rings (SSSR count). The molecule has 2 saturated heterocycles. The number of hydrogen-bond donors (Lipinski definition) is 4. The SMILES string of the molecule is C[C@@H]1[C@H](NC(=O)N2CCN(C)CC2)CC2C(C)(C)CCC[C@]2(C)[C@H]1CCN.C[C@@H]1[C@H](NC(=O)N2CCN(C)CC2)CC2C(C)(C)CCC[C@]2(C)[C@H]1CCNC(=O)c1cccnc1.O=C=O.c1ccncc1. The number of fused-ring (bicyclic) bond motifs is 2. The number of carbonyl (C=O) groups is 3. The van der Waals surface area contributed by atoms with Crippen LogP contribution in [0.3, 0.4) is 0 Å². The number of nitrogens with zero attached hydrogens (tertiary/aromatic N) is 6. The van der Waals surface area contributed by atoms with Gasteiger partial charge in [0.25, 0.3) is 5.91 Å². The number of pyridine rings is 2. The first kappa shape index (κ1) is 57.5. The third kappa shape index (κ3) is 14.6. The van der Waals surface area contributed by atoms with Gasteiger partial charge >= 0.3 is 18.2 Å². The van der Waals surface area contributed by atoms with Crippen molar-refractivity contribution < 1.29 is 24.0 Å². The Hall–Kier alpha value is -4.43. The lowest BCUT2D eigenvalue weighted by molar-refractivity contribution is -0.191. The standard InChI is InChI=1S/C28H45N5O2.C22H42N4O.C5H5N.CO2/c1-20-22(9-13-30-25(34)21-8-6-12-29-19-21)28(4)11-7-10-27(2,3)24(28)18-23(20)31-26(35)33-16-14-32(5)15-17-33;1-16-17(7-10-23)22(4)9-6-8-21(2,3)19(22)15-18(16)24-20(27)26-13-11-25(5)12-14-26;1-2-4-6-5-3-1;2-1-3/h6,8,12,19-20,22-24H,7,9-11,13-18H2,1-5H3,(H,30,34)(H,31,35);16-19H,6-15,23H2,1-5H3,(H,24,27);1-5H;/t20-,22-,23+,24?,28+;16-,17-,18+,19?,22+;;/m00../s1. The summed E-state index contributed by atoms with van der Waals surface area (Å²) in [6.45, 7) is 27.9. The van der Waals surface area contributed by atoms with Gasteiger partial charge in [-0.3, -0.25) is 14.8 Å². The molecule has 2 aliphatic heterocycles. The first-order chi connectivity index (χ1) is 33.7. The monoisotopic (exact) mass is 985 g/mol. The van der Waals surface area contributed by atoms with Gasteiger partial charge in [0.1, 0.15) is 0 Å². The van der Waals surface area contributed by atoms with Crippen molar-refractivity contribution in [1.29, 1.82) is 0 Å². The van der Waals surface area contributed by atoms with Crippen molar-refractivity contribution in [3.63, 3.8) is 0 Å². The van der Waals surface area contributed by atoms with E-state index in [0.29, 0.717) is 58.4 Å². The highest BCUT2D eigenvalue weighted by Crippen LogP contribution is 2.63. The van der Waals surface area contributed by atoms with Crippen molar-refractivity contribution in [2.75, 3.05) is 79.5 Å². The minimum atomic E-state index is -0.0628. The van der Waals surface area contributed by atoms with Gasteiger partial charge in [-0.2, -0.15) is 9.59 Å². The molecular weight excluding hydrogens is 893 g/mol. The zero-order valence-electron chi connectivity index (χ0n) is 45.3. The van der Waals surface area contributed by atoms with Crippen LogP contribution in [0, 0.1) is 57.2 Å². The molecule has 6 aliphatic rings. The maximum absolute atomic E-state index is 13.2. The summed E-state index contributed by atoms with van der Waals surface area (Å²) in [4.78, 5) is 71.5. The molecule has 15 heteroatoms. The lowest BCUT2D eigenvalue weighted by Gasteiger charge is -2.61. The molecule has 0 spiro atoms. The van der Waals surface area contributed by atoms with Crippen molar-refractivity contribution in [2.24, 2.45) is 62.9 Å². The molecular formula is C56H92N10O5. The fourth-order valence-electron chi connectivity index (χ4n) is 14.6. The number of rotatable bonds is 8. The van der Waals surface area contributed by atoms with Crippen LogP contribution in [0.5, 0.6) is 0 Å². The molecule has 2 unspecified atom stereocenters. The molecule has 5 N–H and O–H groups in total. The Bertz CT molecular complexity index is 1960. The Morgan fingerprint density at radius 2 is 1.08 bits per heavy atom. The first-order valence-corrected chi connectivity index (χ1v) is 26.9. The van der Waals surface area contributed by atoms with E-state index in [1.54, 1.807) is 36.9 Å². The van der Waals surface area contributed by atoms with Gasteiger partial charge in [0, 0.05) is 95.8 Å². The summed E-state index contributed by atoms with van der Waals surface area (Å²) in [5.41, 5.74) is 7.82. The van der Waals surface area contributed by atoms with E-state index in [9.17, 15) is 14.4 Å². The van der Waals surface area contributed by atoms with Gasteiger partial charge in [-0.1, -0.05) is 74.3 Å². The summed E-state index contributed by atoms with van der Waals surface area (Å²) in [5, 5.41) is 10.1. The van der Waals surface area contributed by atoms with E-state index in [4.69, 9.17) is 15.3 Å². The molecule has 71 heavy (non-hydrogen) atoms. The lowest BCUT2D eigenvalue weighted by Crippen LogP contribution is -2.61. The van der Waals surface area contributed by atoms with Crippen molar-refractivity contribution in [3.8, 4) is 0 Å². The average Bonchev–Trinajstić information content (AvgIpc) is 3.34. The Balaban J connectivity index is 0.000000230. The van der Waals surface area contributed by atoms with Crippen LogP contribution in [0.25, 0.3) is 0 Å². The maximum Gasteiger partial charge on any atom is 0.373 e. The van der Waals surface area contributed by atoms with Crippen LogP contribution in [0.1, 0.15) is 130 Å². The zero-order chi connectivity index (χ0) is 52.0. The van der Waals surface area contributed by atoms with Crippen molar-refractivity contribution in [3.05, 3.63) is 60.7 Å². The number of likely N-dealkylation sites (N-methyl/N-ethyl adjacent to an activating group) is 2. The number of nitrogens with two attached hydrogens (primary N) is 1. The Morgan fingerprint density at radius 3 is 1.46 bits per heavy atom.